The van der Waals surface area contributed by atoms with Crippen LogP contribution in [0.25, 0.3) is 0 Å². The molecule has 2 fully saturated rings. The second-order valence-corrected chi connectivity index (χ2v) is 14.3. The van der Waals surface area contributed by atoms with Crippen molar-refractivity contribution in [1.82, 2.24) is 10.2 Å². The fourth-order valence-electron chi connectivity index (χ4n) is 7.85. The number of carbonyl (C=O) groups excluding carboxylic acids is 5. The molecule has 1 N–H and O–H groups in total. The maximum atomic E-state index is 13.6. The van der Waals surface area contributed by atoms with Gasteiger partial charge in [-0.2, -0.15) is 0 Å². The summed E-state index contributed by atoms with van der Waals surface area (Å²) in [6.45, 7) is 7.40. The number of hydrogen-bond acceptors (Lipinski definition) is 8. The number of nitrogens with one attached hydrogen (secondary N) is 1. The van der Waals surface area contributed by atoms with E-state index in [1.54, 1.807) is 51.1 Å². The first-order chi connectivity index (χ1) is 22.9. The first-order valence-electron chi connectivity index (χ1n) is 16.2. The number of allylic oxidation sites excluding steroid dienone is 2. The summed E-state index contributed by atoms with van der Waals surface area (Å²) in [5.41, 5.74) is 1.03. The average Bonchev–Trinajstić information content (AvgIpc) is 3.79. The second kappa shape index (κ2) is 10.4. The van der Waals surface area contributed by atoms with Crippen molar-refractivity contribution in [3.63, 3.8) is 0 Å². The Balaban J connectivity index is 1.06. The molecule has 2 aliphatic carbocycles. The molecule has 5 unspecified atom stereocenters. The lowest BCUT2D eigenvalue weighted by Gasteiger charge is -2.36. The molecule has 48 heavy (non-hydrogen) atoms. The molecule has 8 rings (SSSR count). The Hall–Kier alpha value is -5.25. The van der Waals surface area contributed by atoms with Gasteiger partial charge in [-0.25, -0.2) is 4.79 Å². The van der Waals surface area contributed by atoms with Crippen molar-refractivity contribution in [2.45, 2.75) is 39.7 Å². The summed E-state index contributed by atoms with van der Waals surface area (Å²) in [4.78, 5) is 66.8. The normalized spacial score (nSPS) is 25.8. The maximum Gasteiger partial charge on any atom is 0.340 e. The SMILES string of the molecule is Cc1ccc2c(c1)Oc1cc(OC(=O)C(C)(C)C)ccc1C21OC(=O)c2cc(C(=O)NCCN3C(=O)C4C5C=CC(C5)C4C3=O)ccc21. The zero-order valence-corrected chi connectivity index (χ0v) is 27.0. The van der Waals surface area contributed by atoms with Crippen LogP contribution in [0.15, 0.2) is 66.7 Å². The standard InChI is InChI=1S/C38H34N2O8/c1-19-5-10-26-28(15-19)47-29-18-23(46-36(45)37(2,3)4)9-12-27(29)38(26)25-11-8-22(17-24(25)35(44)48-38)32(41)39-13-14-40-33(42)30-20-6-7-21(16-20)31(30)34(40)43/h5-12,15,17-18,20-21,30-31H,13-14,16H2,1-4H3,(H,39,41). The summed E-state index contributed by atoms with van der Waals surface area (Å²) >= 11 is 0. The molecule has 3 amide bonds. The summed E-state index contributed by atoms with van der Waals surface area (Å²) in [5, 5.41) is 2.80. The second-order valence-electron chi connectivity index (χ2n) is 14.3. The first kappa shape index (κ1) is 30.1. The third-order valence-corrected chi connectivity index (χ3v) is 10.2. The van der Waals surface area contributed by atoms with Crippen molar-refractivity contribution in [3.05, 3.63) is 100 Å². The van der Waals surface area contributed by atoms with Gasteiger partial charge in [0.05, 0.1) is 22.8 Å². The van der Waals surface area contributed by atoms with Crippen LogP contribution < -0.4 is 14.8 Å². The Morgan fingerprint density at radius 3 is 2.23 bits per heavy atom. The minimum atomic E-state index is -1.37. The van der Waals surface area contributed by atoms with Gasteiger partial charge in [0, 0.05) is 41.4 Å². The number of rotatable bonds is 5. The van der Waals surface area contributed by atoms with E-state index in [2.05, 4.69) is 5.32 Å². The molecule has 1 saturated heterocycles. The highest BCUT2D eigenvalue weighted by Gasteiger charge is 2.59. The Kier molecular flexibility index (Phi) is 6.51. The van der Waals surface area contributed by atoms with Gasteiger partial charge in [-0.3, -0.25) is 24.1 Å². The predicted molar refractivity (Wildman–Crippen MR) is 171 cm³/mol. The van der Waals surface area contributed by atoms with Crippen LogP contribution in [0.3, 0.4) is 0 Å². The molecule has 3 aromatic rings. The molecule has 5 atom stereocenters. The van der Waals surface area contributed by atoms with Crippen LogP contribution >= 0.6 is 0 Å². The van der Waals surface area contributed by atoms with Crippen LogP contribution in [0.5, 0.6) is 17.2 Å². The lowest BCUT2D eigenvalue weighted by atomic mass is 9.77. The smallest absolute Gasteiger partial charge is 0.340 e. The van der Waals surface area contributed by atoms with Crippen LogP contribution in [0.2, 0.25) is 0 Å². The number of amides is 3. The van der Waals surface area contributed by atoms with Crippen LogP contribution in [0.4, 0.5) is 0 Å². The number of likely N-dealkylation sites (tertiary alicyclic amines) is 1. The molecule has 10 heteroatoms. The van der Waals surface area contributed by atoms with Crippen LogP contribution in [0.1, 0.15) is 70.2 Å². The van der Waals surface area contributed by atoms with Gasteiger partial charge in [-0.15, -0.1) is 0 Å². The van der Waals surface area contributed by atoms with Gasteiger partial charge in [0.1, 0.15) is 17.2 Å². The maximum absolute atomic E-state index is 13.6. The van der Waals surface area contributed by atoms with E-state index < -0.39 is 28.9 Å². The number of hydrogen-bond donors (Lipinski definition) is 1. The van der Waals surface area contributed by atoms with Crippen molar-refractivity contribution in [2.24, 2.45) is 29.1 Å². The predicted octanol–water partition coefficient (Wildman–Crippen LogP) is 5.05. The van der Waals surface area contributed by atoms with Gasteiger partial charge in [0.25, 0.3) is 5.91 Å². The molecule has 10 nitrogen and oxygen atoms in total. The van der Waals surface area contributed by atoms with Crippen LogP contribution in [-0.4, -0.2) is 47.6 Å². The zero-order valence-electron chi connectivity index (χ0n) is 27.0. The number of aryl methyl sites for hydroxylation is 1. The summed E-state index contributed by atoms with van der Waals surface area (Å²) in [5.74, 6) is -0.945. The van der Waals surface area contributed by atoms with E-state index in [4.69, 9.17) is 14.2 Å². The third kappa shape index (κ3) is 4.34. The van der Waals surface area contributed by atoms with Gasteiger partial charge in [0.2, 0.25) is 11.8 Å². The Labute approximate surface area is 277 Å². The van der Waals surface area contributed by atoms with E-state index in [0.29, 0.717) is 33.9 Å². The van der Waals surface area contributed by atoms with Crippen LogP contribution in [-0.2, 0) is 24.7 Å². The Bertz CT molecular complexity index is 1980. The fourth-order valence-corrected chi connectivity index (χ4v) is 7.85. The summed E-state index contributed by atoms with van der Waals surface area (Å²) in [7, 11) is 0. The Morgan fingerprint density at radius 1 is 0.896 bits per heavy atom. The minimum Gasteiger partial charge on any atom is -0.456 e. The number of fused-ring (bicyclic) bond motifs is 11. The number of nitrogens with zero attached hydrogens (tertiary/aromatic N) is 1. The van der Waals surface area contributed by atoms with Crippen molar-refractivity contribution in [2.75, 3.05) is 13.1 Å². The molecular formula is C38H34N2O8. The fraction of sp³-hybridized carbons (Fsp3) is 0.342. The van der Waals surface area contributed by atoms with Gasteiger partial charge >= 0.3 is 11.9 Å². The summed E-state index contributed by atoms with van der Waals surface area (Å²) in [6.07, 6.45) is 4.95. The number of ether oxygens (including phenoxy) is 3. The van der Waals surface area contributed by atoms with Crippen molar-refractivity contribution in [1.29, 1.82) is 0 Å². The van der Waals surface area contributed by atoms with Gasteiger partial charge in [-0.1, -0.05) is 30.4 Å². The van der Waals surface area contributed by atoms with E-state index in [0.717, 1.165) is 12.0 Å². The molecule has 5 aliphatic rings. The molecule has 0 radical (unpaired) electrons. The van der Waals surface area contributed by atoms with E-state index >= 15 is 0 Å². The van der Waals surface area contributed by atoms with Gasteiger partial charge in [-0.05, 0) is 81.8 Å². The molecule has 3 aliphatic heterocycles. The number of imide groups is 1. The van der Waals surface area contributed by atoms with Gasteiger partial charge < -0.3 is 19.5 Å². The lowest BCUT2D eigenvalue weighted by Crippen LogP contribution is -2.39. The zero-order chi connectivity index (χ0) is 33.7. The van der Waals surface area contributed by atoms with E-state index in [1.165, 1.54) is 11.0 Å². The first-order valence-corrected chi connectivity index (χ1v) is 16.2. The molecule has 2 bridgehead atoms. The highest BCUT2D eigenvalue weighted by Crippen LogP contribution is 2.57. The number of benzene rings is 3. The van der Waals surface area contributed by atoms with E-state index in [9.17, 15) is 24.0 Å². The molecule has 1 saturated carbocycles. The number of carbonyl (C=O) groups is 5. The van der Waals surface area contributed by atoms with Crippen LogP contribution in [0, 0.1) is 36.0 Å². The highest BCUT2D eigenvalue weighted by molar-refractivity contribution is 6.06. The highest BCUT2D eigenvalue weighted by atomic mass is 16.6. The van der Waals surface area contributed by atoms with Gasteiger partial charge in [0.15, 0.2) is 5.60 Å². The summed E-state index contributed by atoms with van der Waals surface area (Å²) < 4.78 is 18.2. The van der Waals surface area contributed by atoms with E-state index in [1.807, 2.05) is 37.3 Å². The quantitative estimate of drug-likeness (QED) is 0.177. The molecular weight excluding hydrogens is 612 g/mol. The minimum absolute atomic E-state index is 0.0869. The molecule has 244 valence electrons. The average molecular weight is 647 g/mol. The largest absolute Gasteiger partial charge is 0.456 e. The molecule has 1 spiro atoms. The van der Waals surface area contributed by atoms with Crippen molar-refractivity contribution in [3.8, 4) is 17.2 Å². The monoisotopic (exact) mass is 646 g/mol. The molecule has 3 aromatic carbocycles. The topological polar surface area (TPSA) is 128 Å². The Morgan fingerprint density at radius 2 is 1.54 bits per heavy atom. The summed E-state index contributed by atoms with van der Waals surface area (Å²) in [6, 6.07) is 15.4. The third-order valence-electron chi connectivity index (χ3n) is 10.2. The van der Waals surface area contributed by atoms with Crippen molar-refractivity contribution < 1.29 is 38.2 Å². The molecule has 3 heterocycles. The van der Waals surface area contributed by atoms with Crippen molar-refractivity contribution >= 4 is 29.7 Å². The lowest BCUT2D eigenvalue weighted by molar-refractivity contribution is -0.143. The number of esters is 2. The molecule has 0 aromatic heterocycles. The van der Waals surface area contributed by atoms with E-state index in [-0.39, 0.29) is 59.7 Å².